The second kappa shape index (κ2) is 8.86. The standard InChI is InChI=1S/C31H26INO5/c1-14-10-17(11-15(2)28(14)35)25-20-8-9-21-26(22(20)13-23-24(34)12-16(3)29(36)27(23)25)31(38)33(30(21)37)19-6-4-18(32)5-7-19/h4-8,10-12,21-22,25-26,35H,9,13H2,1-3H3. The number of carbonyl (C=O) groups is 4. The molecule has 4 atom stereocenters. The number of nitrogens with zero attached hydrogens (tertiary/aromatic N) is 1. The Morgan fingerprint density at radius 1 is 0.921 bits per heavy atom. The first-order valence-electron chi connectivity index (χ1n) is 12.7. The lowest BCUT2D eigenvalue weighted by atomic mass is 9.59. The number of phenolic OH excluding ortho intramolecular Hbond substituents is 1. The van der Waals surface area contributed by atoms with Gasteiger partial charge in [-0.25, -0.2) is 0 Å². The molecule has 1 heterocycles. The molecular formula is C31H26INO5. The van der Waals surface area contributed by atoms with Crippen molar-refractivity contribution in [2.24, 2.45) is 17.8 Å². The van der Waals surface area contributed by atoms with Gasteiger partial charge in [-0.2, -0.15) is 0 Å². The van der Waals surface area contributed by atoms with E-state index in [1.807, 2.05) is 44.2 Å². The van der Waals surface area contributed by atoms with Crippen LogP contribution in [-0.4, -0.2) is 28.5 Å². The third kappa shape index (κ3) is 3.58. The summed E-state index contributed by atoms with van der Waals surface area (Å²) in [5.41, 5.74) is 4.93. The molecular weight excluding hydrogens is 593 g/mol. The van der Waals surface area contributed by atoms with E-state index in [1.54, 1.807) is 19.1 Å². The number of rotatable bonds is 2. The van der Waals surface area contributed by atoms with Crippen LogP contribution in [0.5, 0.6) is 5.75 Å². The van der Waals surface area contributed by atoms with E-state index in [1.165, 1.54) is 11.0 Å². The first-order chi connectivity index (χ1) is 18.1. The minimum absolute atomic E-state index is 0.163. The zero-order chi connectivity index (χ0) is 27.0. The van der Waals surface area contributed by atoms with E-state index in [-0.39, 0.29) is 41.5 Å². The Labute approximate surface area is 234 Å². The number of ketones is 2. The number of halogens is 1. The molecule has 0 radical (unpaired) electrons. The molecule has 4 unspecified atom stereocenters. The van der Waals surface area contributed by atoms with E-state index in [0.717, 1.165) is 14.7 Å². The Morgan fingerprint density at radius 2 is 1.58 bits per heavy atom. The minimum Gasteiger partial charge on any atom is -0.507 e. The molecule has 4 aliphatic rings. The van der Waals surface area contributed by atoms with Gasteiger partial charge in [0.25, 0.3) is 0 Å². The molecule has 2 aromatic carbocycles. The summed E-state index contributed by atoms with van der Waals surface area (Å²) in [6.45, 7) is 5.28. The predicted octanol–water partition coefficient (Wildman–Crippen LogP) is 5.25. The largest absolute Gasteiger partial charge is 0.507 e. The smallest absolute Gasteiger partial charge is 0.238 e. The van der Waals surface area contributed by atoms with Gasteiger partial charge >= 0.3 is 0 Å². The van der Waals surface area contributed by atoms with Crippen molar-refractivity contribution in [3.63, 3.8) is 0 Å². The quantitative estimate of drug-likeness (QED) is 0.215. The van der Waals surface area contributed by atoms with Crippen molar-refractivity contribution in [1.29, 1.82) is 0 Å². The number of Topliss-reactive ketones (excluding diaryl/α,β-unsaturated/α-hetero) is 1. The molecule has 1 fully saturated rings. The number of aromatic hydroxyl groups is 1. The normalized spacial score (nSPS) is 26.7. The summed E-state index contributed by atoms with van der Waals surface area (Å²) in [6, 6.07) is 11.0. The fourth-order valence-electron chi connectivity index (χ4n) is 6.74. The van der Waals surface area contributed by atoms with Crippen LogP contribution in [0.15, 0.2) is 70.8 Å². The lowest BCUT2D eigenvalue weighted by Crippen LogP contribution is -2.39. The van der Waals surface area contributed by atoms with Crippen molar-refractivity contribution in [2.45, 2.75) is 39.5 Å². The van der Waals surface area contributed by atoms with Crippen LogP contribution in [0, 0.1) is 35.2 Å². The molecule has 1 saturated heterocycles. The molecule has 3 aliphatic carbocycles. The molecule has 1 aliphatic heterocycles. The Balaban J connectivity index is 1.50. The molecule has 38 heavy (non-hydrogen) atoms. The van der Waals surface area contributed by atoms with Crippen LogP contribution in [0.3, 0.4) is 0 Å². The number of amides is 2. The summed E-state index contributed by atoms with van der Waals surface area (Å²) in [5.74, 6) is -2.64. The van der Waals surface area contributed by atoms with Crippen LogP contribution in [0.4, 0.5) is 5.69 Å². The van der Waals surface area contributed by atoms with Gasteiger partial charge in [0.15, 0.2) is 11.6 Å². The van der Waals surface area contributed by atoms with Crippen LogP contribution in [0.2, 0.25) is 0 Å². The maximum atomic E-state index is 13.9. The number of imide groups is 1. The number of phenols is 1. The fraction of sp³-hybridized carbons (Fsp3) is 0.290. The summed E-state index contributed by atoms with van der Waals surface area (Å²) in [4.78, 5) is 55.5. The predicted molar refractivity (Wildman–Crippen MR) is 151 cm³/mol. The Hall–Kier alpha value is -3.33. The molecule has 192 valence electrons. The van der Waals surface area contributed by atoms with Crippen molar-refractivity contribution in [2.75, 3.05) is 4.90 Å². The number of hydrogen-bond acceptors (Lipinski definition) is 5. The number of hydrogen-bond donors (Lipinski definition) is 1. The highest BCUT2D eigenvalue weighted by atomic mass is 127. The van der Waals surface area contributed by atoms with Gasteiger partial charge in [0, 0.05) is 26.2 Å². The first kappa shape index (κ1) is 25.0. The van der Waals surface area contributed by atoms with E-state index in [0.29, 0.717) is 40.0 Å². The molecule has 0 bridgehead atoms. The van der Waals surface area contributed by atoms with E-state index < -0.39 is 17.8 Å². The number of allylic oxidation sites excluding steroid dienone is 6. The van der Waals surface area contributed by atoms with Gasteiger partial charge in [0.2, 0.25) is 11.8 Å². The zero-order valence-corrected chi connectivity index (χ0v) is 23.4. The maximum absolute atomic E-state index is 13.9. The van der Waals surface area contributed by atoms with E-state index in [2.05, 4.69) is 22.6 Å². The van der Waals surface area contributed by atoms with Gasteiger partial charge in [0.1, 0.15) is 5.75 Å². The average Bonchev–Trinajstić information content (AvgIpc) is 3.14. The lowest BCUT2D eigenvalue weighted by molar-refractivity contribution is -0.123. The summed E-state index contributed by atoms with van der Waals surface area (Å²) in [7, 11) is 0. The summed E-state index contributed by atoms with van der Waals surface area (Å²) in [5, 5.41) is 10.4. The highest BCUT2D eigenvalue weighted by Gasteiger charge is 2.56. The summed E-state index contributed by atoms with van der Waals surface area (Å²) in [6.07, 6.45) is 4.06. The van der Waals surface area contributed by atoms with Crippen molar-refractivity contribution in [3.8, 4) is 5.75 Å². The van der Waals surface area contributed by atoms with Gasteiger partial charge in [-0.1, -0.05) is 23.8 Å². The topological polar surface area (TPSA) is 91.8 Å². The zero-order valence-electron chi connectivity index (χ0n) is 21.2. The number of anilines is 1. The number of aryl methyl sites for hydroxylation is 2. The summed E-state index contributed by atoms with van der Waals surface area (Å²) < 4.78 is 1.00. The highest BCUT2D eigenvalue weighted by Crippen LogP contribution is 2.55. The lowest BCUT2D eigenvalue weighted by Gasteiger charge is -2.42. The second-order valence-corrected chi connectivity index (χ2v) is 12.0. The molecule has 0 aromatic heterocycles. The third-order valence-corrected chi connectivity index (χ3v) is 9.22. The van der Waals surface area contributed by atoms with E-state index >= 15 is 0 Å². The fourth-order valence-corrected chi connectivity index (χ4v) is 7.10. The Bertz CT molecular complexity index is 1540. The van der Waals surface area contributed by atoms with Crippen molar-refractivity contribution in [1.82, 2.24) is 0 Å². The van der Waals surface area contributed by atoms with Gasteiger partial charge in [-0.15, -0.1) is 0 Å². The molecule has 0 saturated carbocycles. The van der Waals surface area contributed by atoms with Crippen molar-refractivity contribution < 1.29 is 24.3 Å². The van der Waals surface area contributed by atoms with Crippen LogP contribution >= 0.6 is 22.6 Å². The SMILES string of the molecule is CC1=CC(=O)C2=C(C1=O)C(c1cc(C)c(O)c(C)c1)C1=CCC3C(=O)N(c4ccc(I)cc4)C(=O)C3C1C2. The molecule has 6 rings (SSSR count). The maximum Gasteiger partial charge on any atom is 0.238 e. The van der Waals surface area contributed by atoms with Gasteiger partial charge in [-0.3, -0.25) is 24.1 Å². The molecule has 2 aromatic rings. The average molecular weight is 619 g/mol. The van der Waals surface area contributed by atoms with Gasteiger partial charge < -0.3 is 5.11 Å². The first-order valence-corrected chi connectivity index (χ1v) is 13.8. The van der Waals surface area contributed by atoms with Crippen LogP contribution in [0.25, 0.3) is 0 Å². The Morgan fingerprint density at radius 3 is 2.24 bits per heavy atom. The molecule has 2 amide bonds. The monoisotopic (exact) mass is 619 g/mol. The number of carbonyl (C=O) groups excluding carboxylic acids is 4. The second-order valence-electron chi connectivity index (χ2n) is 10.7. The number of benzene rings is 2. The van der Waals surface area contributed by atoms with Gasteiger partial charge in [0.05, 0.1) is 17.5 Å². The molecule has 7 heteroatoms. The third-order valence-electron chi connectivity index (χ3n) is 8.50. The van der Waals surface area contributed by atoms with Crippen LogP contribution in [0.1, 0.15) is 42.4 Å². The van der Waals surface area contributed by atoms with Crippen molar-refractivity contribution >= 4 is 51.7 Å². The number of fused-ring (bicyclic) bond motifs is 3. The van der Waals surface area contributed by atoms with Crippen molar-refractivity contribution in [3.05, 3.63) is 91.1 Å². The Kier molecular flexibility index (Phi) is 5.83. The molecule has 1 N–H and O–H groups in total. The van der Waals surface area contributed by atoms with Crippen LogP contribution < -0.4 is 4.90 Å². The minimum atomic E-state index is -0.604. The van der Waals surface area contributed by atoms with Crippen LogP contribution in [-0.2, 0) is 19.2 Å². The molecule has 6 nitrogen and oxygen atoms in total. The molecule has 0 spiro atoms. The summed E-state index contributed by atoms with van der Waals surface area (Å²) >= 11 is 2.18. The van der Waals surface area contributed by atoms with E-state index in [4.69, 9.17) is 0 Å². The van der Waals surface area contributed by atoms with E-state index in [9.17, 15) is 24.3 Å². The van der Waals surface area contributed by atoms with Gasteiger partial charge in [-0.05, 0) is 109 Å². The highest BCUT2D eigenvalue weighted by molar-refractivity contribution is 14.1.